The van der Waals surface area contributed by atoms with Crippen molar-refractivity contribution >= 4 is 50.4 Å². The van der Waals surface area contributed by atoms with Gasteiger partial charge in [0.15, 0.2) is 0 Å². The van der Waals surface area contributed by atoms with Gasteiger partial charge in [-0.1, -0.05) is 59.6 Å². The number of amides is 1. The van der Waals surface area contributed by atoms with Crippen molar-refractivity contribution in [1.29, 1.82) is 0 Å². The van der Waals surface area contributed by atoms with E-state index in [9.17, 15) is 4.79 Å². The summed E-state index contributed by atoms with van der Waals surface area (Å²) < 4.78 is 5.64. The molecule has 5 aromatic rings. The summed E-state index contributed by atoms with van der Waals surface area (Å²) in [5.74, 6) is 0.420. The topological polar surface area (TPSA) is 77.2 Å². The first-order chi connectivity index (χ1) is 16.9. The number of fused-ring (bicyclic) bond motifs is 1. The monoisotopic (exact) mass is 499 g/mol. The number of benzene rings is 3. The third-order valence-electron chi connectivity index (χ3n) is 5.75. The summed E-state index contributed by atoms with van der Waals surface area (Å²) in [6.07, 6.45) is 0. The van der Waals surface area contributed by atoms with Gasteiger partial charge in [0.2, 0.25) is 0 Å². The van der Waals surface area contributed by atoms with E-state index in [2.05, 4.69) is 17.4 Å². The zero-order chi connectivity index (χ0) is 24.5. The number of hydrogen-bond donors (Lipinski definition) is 2. The number of nitrogens with zero attached hydrogens (tertiary/aromatic N) is 1. The van der Waals surface area contributed by atoms with Crippen LogP contribution < -0.4 is 15.8 Å². The third kappa shape index (κ3) is 4.46. The van der Waals surface area contributed by atoms with Crippen LogP contribution in [-0.2, 0) is 0 Å². The number of pyridine rings is 1. The van der Waals surface area contributed by atoms with Crippen LogP contribution in [-0.4, -0.2) is 18.0 Å². The molecule has 0 fully saturated rings. The Morgan fingerprint density at radius 1 is 1.00 bits per heavy atom. The molecule has 0 aliphatic rings. The highest BCUT2D eigenvalue weighted by molar-refractivity contribution is 7.21. The smallest absolute Gasteiger partial charge is 0.267 e. The fraction of sp³-hybridized carbons (Fsp3) is 0.0714. The molecule has 2 aromatic heterocycles. The highest BCUT2D eigenvalue weighted by atomic mass is 35.5. The number of anilines is 2. The second-order valence-corrected chi connectivity index (χ2v) is 9.54. The summed E-state index contributed by atoms with van der Waals surface area (Å²) in [7, 11) is 1.64. The van der Waals surface area contributed by atoms with Gasteiger partial charge in [0, 0.05) is 27.2 Å². The molecule has 0 radical (unpaired) electrons. The van der Waals surface area contributed by atoms with Crippen LogP contribution in [0.3, 0.4) is 0 Å². The maximum Gasteiger partial charge on any atom is 0.267 e. The fourth-order valence-corrected chi connectivity index (χ4v) is 5.10. The minimum Gasteiger partial charge on any atom is -0.496 e. The number of ether oxygens (including phenoxy) is 1. The lowest BCUT2D eigenvalue weighted by Gasteiger charge is -2.12. The molecule has 0 atom stereocenters. The van der Waals surface area contributed by atoms with E-state index in [4.69, 9.17) is 27.1 Å². The first kappa shape index (κ1) is 22.9. The van der Waals surface area contributed by atoms with Gasteiger partial charge in [-0.05, 0) is 48.9 Å². The van der Waals surface area contributed by atoms with Gasteiger partial charge in [0.25, 0.3) is 5.91 Å². The average molecular weight is 500 g/mol. The van der Waals surface area contributed by atoms with Crippen molar-refractivity contribution in [3.8, 4) is 28.1 Å². The van der Waals surface area contributed by atoms with Crippen LogP contribution >= 0.6 is 22.9 Å². The minimum absolute atomic E-state index is 0.296. The van der Waals surface area contributed by atoms with Gasteiger partial charge in [-0.15, -0.1) is 11.3 Å². The number of halogens is 1. The Morgan fingerprint density at radius 2 is 1.71 bits per heavy atom. The number of aromatic nitrogens is 1. The van der Waals surface area contributed by atoms with E-state index in [-0.39, 0.29) is 5.91 Å². The van der Waals surface area contributed by atoms with Crippen molar-refractivity contribution in [2.75, 3.05) is 18.2 Å². The molecule has 0 spiro atoms. The SMILES string of the molecule is COc1ccccc1-c1cc(-c2ccc(C)cc2)nc2sc(C(=O)Nc3ccc(Cl)cc3)c(N)c12. The van der Waals surface area contributed by atoms with E-state index in [1.807, 2.05) is 49.4 Å². The maximum atomic E-state index is 13.2. The highest BCUT2D eigenvalue weighted by Crippen LogP contribution is 2.43. The molecule has 0 aliphatic carbocycles. The normalized spacial score (nSPS) is 10.9. The van der Waals surface area contributed by atoms with Gasteiger partial charge in [-0.25, -0.2) is 4.98 Å². The van der Waals surface area contributed by atoms with Crippen LogP contribution in [0.2, 0.25) is 5.02 Å². The Morgan fingerprint density at radius 3 is 2.43 bits per heavy atom. The molecular weight excluding hydrogens is 478 g/mol. The summed E-state index contributed by atoms with van der Waals surface area (Å²) in [5.41, 5.74) is 12.3. The minimum atomic E-state index is -0.296. The predicted octanol–water partition coefficient (Wildman–Crippen LogP) is 7.44. The quantitative estimate of drug-likeness (QED) is 0.263. The molecule has 2 heterocycles. The summed E-state index contributed by atoms with van der Waals surface area (Å²) in [5, 5.41) is 4.23. The Kier molecular flexibility index (Phi) is 6.16. The van der Waals surface area contributed by atoms with Crippen LogP contribution in [0.4, 0.5) is 11.4 Å². The molecule has 0 saturated carbocycles. The highest BCUT2D eigenvalue weighted by Gasteiger charge is 2.23. The number of thiophene rings is 1. The molecule has 0 aliphatic heterocycles. The van der Waals surface area contributed by atoms with E-state index in [0.717, 1.165) is 27.8 Å². The molecule has 0 unspecified atom stereocenters. The van der Waals surface area contributed by atoms with Crippen LogP contribution in [0, 0.1) is 6.92 Å². The van der Waals surface area contributed by atoms with E-state index >= 15 is 0 Å². The fourth-order valence-electron chi connectivity index (χ4n) is 3.96. The van der Waals surface area contributed by atoms with Crippen molar-refractivity contribution in [3.63, 3.8) is 0 Å². The number of hydrogen-bond acceptors (Lipinski definition) is 5. The molecule has 35 heavy (non-hydrogen) atoms. The zero-order valence-corrected chi connectivity index (χ0v) is 20.7. The van der Waals surface area contributed by atoms with E-state index < -0.39 is 0 Å². The molecule has 3 aromatic carbocycles. The van der Waals surface area contributed by atoms with E-state index in [1.165, 1.54) is 16.9 Å². The van der Waals surface area contributed by atoms with Gasteiger partial charge >= 0.3 is 0 Å². The van der Waals surface area contributed by atoms with Crippen molar-refractivity contribution in [2.24, 2.45) is 0 Å². The number of carbonyl (C=O) groups is 1. The summed E-state index contributed by atoms with van der Waals surface area (Å²) >= 11 is 7.24. The summed E-state index contributed by atoms with van der Waals surface area (Å²) in [6, 6.07) is 24.9. The first-order valence-electron chi connectivity index (χ1n) is 10.9. The van der Waals surface area contributed by atoms with Crippen LogP contribution in [0.1, 0.15) is 15.2 Å². The molecule has 174 valence electrons. The van der Waals surface area contributed by atoms with Gasteiger partial charge in [0.1, 0.15) is 15.5 Å². The number of para-hydroxylation sites is 1. The van der Waals surface area contributed by atoms with Gasteiger partial charge in [-0.2, -0.15) is 0 Å². The molecular formula is C28H22ClN3O2S. The lowest BCUT2D eigenvalue weighted by molar-refractivity contribution is 0.103. The average Bonchev–Trinajstić information content (AvgIpc) is 3.21. The van der Waals surface area contributed by atoms with Gasteiger partial charge < -0.3 is 15.8 Å². The van der Waals surface area contributed by atoms with Crippen molar-refractivity contribution in [2.45, 2.75) is 6.92 Å². The Balaban J connectivity index is 1.69. The third-order valence-corrected chi connectivity index (χ3v) is 7.10. The predicted molar refractivity (Wildman–Crippen MR) is 146 cm³/mol. The maximum absolute atomic E-state index is 13.2. The molecule has 0 saturated heterocycles. The zero-order valence-electron chi connectivity index (χ0n) is 19.1. The van der Waals surface area contributed by atoms with E-state index in [1.54, 1.807) is 31.4 Å². The number of rotatable bonds is 5. The lowest BCUT2D eigenvalue weighted by atomic mass is 9.98. The number of nitrogen functional groups attached to an aromatic ring is 1. The Bertz CT molecular complexity index is 1540. The lowest BCUT2D eigenvalue weighted by Crippen LogP contribution is -2.11. The second kappa shape index (κ2) is 9.41. The first-order valence-corrected chi connectivity index (χ1v) is 12.1. The van der Waals surface area contributed by atoms with Crippen LogP contribution in [0.5, 0.6) is 5.75 Å². The van der Waals surface area contributed by atoms with Crippen LogP contribution in [0.15, 0.2) is 78.9 Å². The summed E-state index contributed by atoms with van der Waals surface area (Å²) in [4.78, 5) is 19.2. The van der Waals surface area contributed by atoms with Crippen molar-refractivity contribution in [3.05, 3.63) is 94.3 Å². The second-order valence-electron chi connectivity index (χ2n) is 8.11. The van der Waals surface area contributed by atoms with Gasteiger partial charge in [-0.3, -0.25) is 4.79 Å². The molecule has 5 rings (SSSR count). The molecule has 5 nitrogen and oxygen atoms in total. The number of carbonyl (C=O) groups excluding carboxylic acids is 1. The van der Waals surface area contributed by atoms with Gasteiger partial charge in [0.05, 0.1) is 18.5 Å². The number of nitrogens with two attached hydrogens (primary N) is 1. The largest absolute Gasteiger partial charge is 0.496 e. The molecule has 1 amide bonds. The summed E-state index contributed by atoms with van der Waals surface area (Å²) in [6.45, 7) is 2.05. The number of aryl methyl sites for hydroxylation is 1. The van der Waals surface area contributed by atoms with E-state index in [0.29, 0.717) is 31.9 Å². The Hall–Kier alpha value is -3.87. The van der Waals surface area contributed by atoms with Crippen molar-refractivity contribution in [1.82, 2.24) is 4.98 Å². The standard InChI is InChI=1S/C28H22ClN3O2S/c1-16-7-9-17(10-8-16)22-15-21(20-5-3-4-6-23(20)34-2)24-25(30)26(35-28(24)32-22)27(33)31-19-13-11-18(29)12-14-19/h3-15H,30H2,1-2H3,(H,31,33). The number of nitrogens with one attached hydrogen (secondary N) is 1. The molecule has 0 bridgehead atoms. The van der Waals surface area contributed by atoms with Crippen LogP contribution in [0.25, 0.3) is 32.6 Å². The number of methoxy groups -OCH3 is 1. The van der Waals surface area contributed by atoms with Crippen molar-refractivity contribution < 1.29 is 9.53 Å². The molecule has 3 N–H and O–H groups in total. The Labute approximate surface area is 212 Å². The molecule has 7 heteroatoms.